The highest BCUT2D eigenvalue weighted by atomic mass is 16.5. The molecule has 1 fully saturated rings. The summed E-state index contributed by atoms with van der Waals surface area (Å²) in [5, 5.41) is 0. The van der Waals surface area contributed by atoms with Gasteiger partial charge in [-0.3, -0.25) is 4.79 Å². The van der Waals surface area contributed by atoms with E-state index in [-0.39, 0.29) is 11.9 Å². The fraction of sp³-hybridized carbons (Fsp3) is 0.545. The van der Waals surface area contributed by atoms with Gasteiger partial charge < -0.3 is 23.8 Å². The van der Waals surface area contributed by atoms with Gasteiger partial charge in [-0.25, -0.2) is 4.79 Å². The van der Waals surface area contributed by atoms with Gasteiger partial charge in [0.25, 0.3) is 5.91 Å². The van der Waals surface area contributed by atoms with E-state index < -0.39 is 12.1 Å². The molecule has 1 aliphatic rings. The van der Waals surface area contributed by atoms with Gasteiger partial charge in [0, 0.05) is 30.3 Å². The molecule has 1 aromatic rings. The molecule has 1 aromatic carbocycles. The number of benzene rings is 1. The second-order valence-electron chi connectivity index (χ2n) is 6.95. The topological polar surface area (TPSA) is 74.3 Å². The molecule has 1 aliphatic heterocycles. The van der Waals surface area contributed by atoms with Crippen molar-refractivity contribution in [2.24, 2.45) is 0 Å². The third-order valence-electron chi connectivity index (χ3n) is 5.16. The fourth-order valence-corrected chi connectivity index (χ4v) is 3.55. The van der Waals surface area contributed by atoms with Gasteiger partial charge in [-0.05, 0) is 44.7 Å². The van der Waals surface area contributed by atoms with Crippen LogP contribution in [-0.2, 0) is 14.3 Å². The molecule has 0 N–H and O–H groups in total. The second kappa shape index (κ2) is 10.7. The number of amides is 1. The molecule has 0 radical (unpaired) electrons. The van der Waals surface area contributed by atoms with E-state index in [1.54, 1.807) is 25.1 Å². The van der Waals surface area contributed by atoms with Crippen molar-refractivity contribution >= 4 is 18.0 Å². The van der Waals surface area contributed by atoms with Gasteiger partial charge in [0.2, 0.25) is 0 Å². The first-order chi connectivity index (χ1) is 13.9. The van der Waals surface area contributed by atoms with Crippen LogP contribution in [0.25, 0.3) is 6.08 Å². The molecule has 7 heteroatoms. The van der Waals surface area contributed by atoms with E-state index in [1.165, 1.54) is 27.4 Å². The van der Waals surface area contributed by atoms with Crippen LogP contribution in [0.3, 0.4) is 0 Å². The number of rotatable bonds is 8. The lowest BCUT2D eigenvalue weighted by molar-refractivity contribution is -0.157. The molecule has 0 bridgehead atoms. The maximum absolute atomic E-state index is 12.7. The van der Waals surface area contributed by atoms with E-state index in [1.807, 2.05) is 4.90 Å². The quantitative estimate of drug-likeness (QED) is 0.487. The number of carbonyl (C=O) groups is 2. The van der Waals surface area contributed by atoms with E-state index in [4.69, 9.17) is 18.9 Å². The van der Waals surface area contributed by atoms with Crippen LogP contribution in [0.4, 0.5) is 0 Å². The Bertz CT molecular complexity index is 745. The normalized spacial score (nSPS) is 17.7. The monoisotopic (exact) mass is 405 g/mol. The number of ether oxygens (including phenoxy) is 4. The highest BCUT2D eigenvalue weighted by Crippen LogP contribution is 2.35. The number of nitrogens with zero attached hydrogens (tertiary/aromatic N) is 1. The molecule has 1 amide bonds. The van der Waals surface area contributed by atoms with Crippen LogP contribution in [0.15, 0.2) is 18.2 Å². The van der Waals surface area contributed by atoms with Crippen LogP contribution in [0, 0.1) is 0 Å². The summed E-state index contributed by atoms with van der Waals surface area (Å²) < 4.78 is 21.2. The molecular formula is C22H31NO6. The van der Waals surface area contributed by atoms with Crippen molar-refractivity contribution in [2.75, 3.05) is 27.9 Å². The molecule has 1 heterocycles. The SMILES string of the molecule is CCC1CCCCN1C(=O)C(C)OC(=O)/C=C/c1cc(OC)c(OC)cc1OC. The average molecular weight is 405 g/mol. The number of hydrogen-bond acceptors (Lipinski definition) is 6. The number of piperidine rings is 1. The smallest absolute Gasteiger partial charge is 0.331 e. The van der Waals surface area contributed by atoms with Crippen molar-refractivity contribution < 1.29 is 28.5 Å². The zero-order chi connectivity index (χ0) is 21.4. The molecule has 2 rings (SSSR count). The van der Waals surface area contributed by atoms with Crippen LogP contribution < -0.4 is 14.2 Å². The summed E-state index contributed by atoms with van der Waals surface area (Å²) >= 11 is 0. The minimum absolute atomic E-state index is 0.137. The van der Waals surface area contributed by atoms with E-state index in [0.717, 1.165) is 32.2 Å². The van der Waals surface area contributed by atoms with Crippen LogP contribution >= 0.6 is 0 Å². The van der Waals surface area contributed by atoms with Gasteiger partial charge in [-0.2, -0.15) is 0 Å². The zero-order valence-corrected chi connectivity index (χ0v) is 17.9. The summed E-state index contributed by atoms with van der Waals surface area (Å²) in [5.74, 6) is 0.834. The van der Waals surface area contributed by atoms with Crippen molar-refractivity contribution in [2.45, 2.75) is 51.7 Å². The molecule has 160 valence electrons. The number of hydrogen-bond donors (Lipinski definition) is 0. The minimum Gasteiger partial charge on any atom is -0.496 e. The van der Waals surface area contributed by atoms with Crippen molar-refractivity contribution in [1.82, 2.24) is 4.90 Å². The predicted octanol–water partition coefficient (Wildman–Crippen LogP) is 3.45. The molecule has 2 atom stereocenters. The van der Waals surface area contributed by atoms with Crippen molar-refractivity contribution in [3.05, 3.63) is 23.8 Å². The largest absolute Gasteiger partial charge is 0.496 e. The van der Waals surface area contributed by atoms with Gasteiger partial charge in [0.05, 0.1) is 21.3 Å². The standard InChI is InChI=1S/C22H31NO6/c1-6-17-9-7-8-12-23(17)22(25)15(2)29-21(24)11-10-16-13-19(27-4)20(28-5)14-18(16)26-3/h10-11,13-15,17H,6-9,12H2,1-5H3/b11-10+. The summed E-state index contributed by atoms with van der Waals surface area (Å²) in [4.78, 5) is 26.8. The Morgan fingerprint density at radius 3 is 2.38 bits per heavy atom. The highest BCUT2D eigenvalue weighted by Gasteiger charge is 2.30. The summed E-state index contributed by atoms with van der Waals surface area (Å²) in [6.07, 6.45) is 6.05. The Morgan fingerprint density at radius 2 is 1.76 bits per heavy atom. The van der Waals surface area contributed by atoms with Crippen LogP contribution in [0.5, 0.6) is 17.2 Å². The molecule has 0 spiro atoms. The second-order valence-corrected chi connectivity index (χ2v) is 6.95. The summed E-state index contributed by atoms with van der Waals surface area (Å²) in [7, 11) is 4.60. The molecule has 0 saturated carbocycles. The lowest BCUT2D eigenvalue weighted by atomic mass is 9.99. The van der Waals surface area contributed by atoms with Crippen LogP contribution in [-0.4, -0.2) is 56.8 Å². The number of methoxy groups -OCH3 is 3. The van der Waals surface area contributed by atoms with Crippen LogP contribution in [0.2, 0.25) is 0 Å². The van der Waals surface area contributed by atoms with Crippen molar-refractivity contribution in [3.8, 4) is 17.2 Å². The van der Waals surface area contributed by atoms with Gasteiger partial charge in [0.15, 0.2) is 17.6 Å². The van der Waals surface area contributed by atoms with Crippen molar-refractivity contribution in [3.63, 3.8) is 0 Å². The average Bonchev–Trinajstić information content (AvgIpc) is 2.76. The van der Waals surface area contributed by atoms with E-state index in [2.05, 4.69) is 6.92 Å². The number of likely N-dealkylation sites (tertiary alicyclic amines) is 1. The third-order valence-corrected chi connectivity index (χ3v) is 5.16. The Hall–Kier alpha value is -2.70. The minimum atomic E-state index is -0.827. The lowest BCUT2D eigenvalue weighted by Crippen LogP contribution is -2.48. The van der Waals surface area contributed by atoms with E-state index in [9.17, 15) is 9.59 Å². The summed E-state index contributed by atoms with van der Waals surface area (Å²) in [6.45, 7) is 4.41. The lowest BCUT2D eigenvalue weighted by Gasteiger charge is -2.36. The molecular weight excluding hydrogens is 374 g/mol. The van der Waals surface area contributed by atoms with Gasteiger partial charge in [-0.15, -0.1) is 0 Å². The Labute approximate surface area is 172 Å². The number of esters is 1. The van der Waals surface area contributed by atoms with Crippen molar-refractivity contribution in [1.29, 1.82) is 0 Å². The molecule has 0 aromatic heterocycles. The first-order valence-electron chi connectivity index (χ1n) is 9.94. The molecule has 1 saturated heterocycles. The van der Waals surface area contributed by atoms with Crippen LogP contribution in [0.1, 0.15) is 45.1 Å². The summed E-state index contributed by atoms with van der Waals surface area (Å²) in [6, 6.07) is 3.61. The van der Waals surface area contributed by atoms with Gasteiger partial charge >= 0.3 is 5.97 Å². The molecule has 2 unspecified atom stereocenters. The highest BCUT2D eigenvalue weighted by molar-refractivity contribution is 5.91. The molecule has 7 nitrogen and oxygen atoms in total. The predicted molar refractivity (Wildman–Crippen MR) is 110 cm³/mol. The van der Waals surface area contributed by atoms with E-state index >= 15 is 0 Å². The maximum atomic E-state index is 12.7. The zero-order valence-electron chi connectivity index (χ0n) is 17.9. The first kappa shape index (κ1) is 22.6. The Morgan fingerprint density at radius 1 is 1.10 bits per heavy atom. The summed E-state index contributed by atoms with van der Waals surface area (Å²) in [5.41, 5.74) is 0.628. The fourth-order valence-electron chi connectivity index (χ4n) is 3.55. The number of carbonyl (C=O) groups excluding carboxylic acids is 2. The van der Waals surface area contributed by atoms with E-state index in [0.29, 0.717) is 22.8 Å². The third kappa shape index (κ3) is 5.65. The molecule has 29 heavy (non-hydrogen) atoms. The first-order valence-corrected chi connectivity index (χ1v) is 9.94. The van der Waals surface area contributed by atoms with Gasteiger partial charge in [-0.1, -0.05) is 6.92 Å². The maximum Gasteiger partial charge on any atom is 0.331 e. The molecule has 0 aliphatic carbocycles. The Kier molecular flexibility index (Phi) is 8.36. The Balaban J connectivity index is 2.06. The van der Waals surface area contributed by atoms with Gasteiger partial charge in [0.1, 0.15) is 5.75 Å².